The molecule has 0 aliphatic carbocycles. The van der Waals surface area contributed by atoms with Crippen LogP contribution in [0.1, 0.15) is 69.6 Å². The van der Waals surface area contributed by atoms with Crippen LogP contribution in [-0.4, -0.2) is 37.4 Å². The van der Waals surface area contributed by atoms with Crippen LogP contribution in [0.25, 0.3) is 78.6 Å². The van der Waals surface area contributed by atoms with Crippen molar-refractivity contribution >= 4 is 92.0 Å². The molecule has 72 heavy (non-hydrogen) atoms. The maximum absolute atomic E-state index is 9.80. The first-order valence-corrected chi connectivity index (χ1v) is 25.8. The summed E-state index contributed by atoms with van der Waals surface area (Å²) in [6, 6.07) is 36.9. The molecule has 0 N–H and O–H groups in total. The normalized spacial score (nSPS) is 12.0. The molecular formula is C56H44Cl2CuN9O2S2-3. The maximum atomic E-state index is 9.80. The third kappa shape index (κ3) is 9.98. The van der Waals surface area contributed by atoms with Crippen molar-refractivity contribution in [2.75, 3.05) is 12.5 Å². The second-order valence-electron chi connectivity index (χ2n) is 18.8. The zero-order chi connectivity index (χ0) is 49.8. The van der Waals surface area contributed by atoms with Crippen molar-refractivity contribution < 1.29 is 26.5 Å². The fourth-order valence-corrected chi connectivity index (χ4v) is 9.62. The Labute approximate surface area is 446 Å². The minimum Gasteiger partial charge on any atom is -0.658 e. The number of hydrogen-bond donors (Lipinski definition) is 0. The molecule has 1 aliphatic heterocycles. The van der Waals surface area contributed by atoms with Crippen LogP contribution in [0.2, 0.25) is 10.3 Å². The zero-order valence-corrected chi connectivity index (χ0v) is 44.3. The molecule has 6 aromatic heterocycles. The van der Waals surface area contributed by atoms with E-state index in [-0.39, 0.29) is 50.0 Å². The number of fused-ring (bicyclic) bond motifs is 9. The third-order valence-electron chi connectivity index (χ3n) is 12.0. The summed E-state index contributed by atoms with van der Waals surface area (Å²) < 4.78 is 13.3. The average Bonchev–Trinajstić information content (AvgIpc) is 4.20. The van der Waals surface area contributed by atoms with Crippen molar-refractivity contribution in [2.24, 2.45) is 0 Å². The topological polar surface area (TPSA) is 149 Å². The van der Waals surface area contributed by atoms with Crippen LogP contribution in [0, 0.1) is 11.3 Å². The summed E-state index contributed by atoms with van der Waals surface area (Å²) in [5, 5.41) is 11.0. The molecule has 0 fully saturated rings. The van der Waals surface area contributed by atoms with Gasteiger partial charge in [0.25, 0.3) is 0 Å². The van der Waals surface area contributed by atoms with E-state index in [1.807, 2.05) is 122 Å². The van der Waals surface area contributed by atoms with Crippen LogP contribution in [0.5, 0.6) is 23.3 Å². The number of halogens is 2. The largest absolute Gasteiger partial charge is 0.658 e. The molecule has 365 valence electrons. The molecular weight excluding hydrogens is 1030 g/mol. The summed E-state index contributed by atoms with van der Waals surface area (Å²) in [7, 11) is 0. The van der Waals surface area contributed by atoms with Gasteiger partial charge in [0.05, 0.1) is 34.1 Å². The van der Waals surface area contributed by atoms with Crippen LogP contribution in [-0.2, 0) is 27.9 Å². The Hall–Kier alpha value is -6.56. The van der Waals surface area contributed by atoms with Crippen LogP contribution in [0.15, 0.2) is 120 Å². The molecule has 9 aromatic rings. The number of nitriles is 1. The van der Waals surface area contributed by atoms with E-state index in [9.17, 15) is 5.26 Å². The van der Waals surface area contributed by atoms with E-state index >= 15 is 0 Å². The van der Waals surface area contributed by atoms with Crippen LogP contribution in [0.3, 0.4) is 0 Å². The van der Waals surface area contributed by atoms with Gasteiger partial charge in [-0.3, -0.25) is 0 Å². The fraction of sp³-hybridized carbons (Fsp3) is 0.179. The molecule has 1 radical (unpaired) electrons. The summed E-state index contributed by atoms with van der Waals surface area (Å²) in [5.41, 5.74) is 10.6. The van der Waals surface area contributed by atoms with Gasteiger partial charge in [0.1, 0.15) is 21.8 Å². The Morgan fingerprint density at radius 1 is 0.472 bits per heavy atom. The third-order valence-corrected chi connectivity index (χ3v) is 13.7. The molecule has 0 atom stereocenters. The van der Waals surface area contributed by atoms with E-state index in [2.05, 4.69) is 47.6 Å². The van der Waals surface area contributed by atoms with E-state index < -0.39 is 0 Å². The number of rotatable bonds is 9. The van der Waals surface area contributed by atoms with Gasteiger partial charge in [0.15, 0.2) is 10.3 Å². The van der Waals surface area contributed by atoms with E-state index in [1.165, 1.54) is 23.5 Å². The molecule has 0 spiro atoms. The summed E-state index contributed by atoms with van der Waals surface area (Å²) in [6.07, 6.45) is 7.61. The number of aromatic nitrogens is 8. The van der Waals surface area contributed by atoms with Gasteiger partial charge in [-0.05, 0) is 99.7 Å². The summed E-state index contributed by atoms with van der Waals surface area (Å²) in [5.74, 6) is 1.62. The summed E-state index contributed by atoms with van der Waals surface area (Å²) in [4.78, 5) is 40.3. The van der Waals surface area contributed by atoms with E-state index in [1.54, 1.807) is 12.1 Å². The van der Waals surface area contributed by atoms with Crippen LogP contribution in [0.4, 0.5) is 0 Å². The molecule has 16 heteroatoms. The quantitative estimate of drug-likeness (QED) is 0.0585. The van der Waals surface area contributed by atoms with Crippen molar-refractivity contribution in [3.63, 3.8) is 0 Å². The van der Waals surface area contributed by atoms with Crippen molar-refractivity contribution in [3.8, 4) is 62.7 Å². The molecule has 0 saturated heterocycles. The summed E-state index contributed by atoms with van der Waals surface area (Å²) >= 11 is 17.2. The molecule has 0 saturated carbocycles. The Bertz CT molecular complexity index is 3740. The average molecular weight is 1070 g/mol. The SMILES string of the molecule is CSc1nc(Cl)c(-c2c3nc(c(-c4ccc(C#N)cc4)c4ccc([n-]4)c(-c4c(Cl)nc(SC)nc4Oc4ccc(C(C)(C)C)cc4)c4ccc([n-]4)c4ccc2[n-]4)C=C3)c(Oc2ccc(C(C)(C)C)cc2)n1.[Cu]. The molecule has 0 amide bonds. The van der Waals surface area contributed by atoms with Gasteiger partial charge >= 0.3 is 0 Å². The first-order chi connectivity index (χ1) is 34.1. The van der Waals surface area contributed by atoms with Crippen LogP contribution >= 0.6 is 46.7 Å². The zero-order valence-electron chi connectivity index (χ0n) is 40.3. The van der Waals surface area contributed by atoms with Crippen molar-refractivity contribution in [2.45, 2.75) is 62.7 Å². The second kappa shape index (κ2) is 20.2. The number of hydrogen-bond acceptors (Lipinski definition) is 10. The molecule has 8 bridgehead atoms. The minimum atomic E-state index is -0.0572. The fourth-order valence-electron chi connectivity index (χ4n) is 8.29. The number of nitrogens with zero attached hydrogens (tertiary/aromatic N) is 9. The molecule has 1 aliphatic rings. The van der Waals surface area contributed by atoms with Crippen molar-refractivity contribution in [3.05, 3.63) is 148 Å². The van der Waals surface area contributed by atoms with E-state index in [4.69, 9.17) is 72.5 Å². The number of ether oxygens (including phenoxy) is 2. The smallest absolute Gasteiger partial charge is 0.232 e. The Morgan fingerprint density at radius 3 is 1.29 bits per heavy atom. The Morgan fingerprint density at radius 2 is 0.861 bits per heavy atom. The first kappa shape index (κ1) is 50.4. The van der Waals surface area contributed by atoms with Gasteiger partial charge < -0.3 is 24.4 Å². The standard InChI is InChI=1S/C56H44Cl2N9O2S2.Cu/c1-55(2,3)32-13-17-34(18-14-32)68-51-47(49(57)64-53(66-51)70-7)45-40-23-21-36(60-40)37-22-24-41(61-37)46(48-50(58)65-54(71-8)67-52(48)69-35-19-15-33(16-20-35)56(4,5)6)43-28-26-39(63-43)44(38-25-27-42(45)62-38)31-11-9-30(29-59)10-12-31;/h9-28H,1-8H3;/q-3;. The molecule has 3 aromatic carbocycles. The first-order valence-electron chi connectivity index (χ1n) is 22.6. The second-order valence-corrected chi connectivity index (χ2v) is 21.1. The van der Waals surface area contributed by atoms with Gasteiger partial charge in [0, 0.05) is 22.6 Å². The van der Waals surface area contributed by atoms with Gasteiger partial charge in [-0.15, -0.1) is 22.1 Å². The van der Waals surface area contributed by atoms with Gasteiger partial charge in [-0.25, -0.2) is 15.0 Å². The van der Waals surface area contributed by atoms with Gasteiger partial charge in [-0.1, -0.05) is 161 Å². The molecule has 10 rings (SSSR count). The summed E-state index contributed by atoms with van der Waals surface area (Å²) in [6.45, 7) is 13.0. The van der Waals surface area contributed by atoms with Gasteiger partial charge in [-0.2, -0.15) is 26.3 Å². The van der Waals surface area contributed by atoms with Gasteiger partial charge in [0.2, 0.25) is 11.8 Å². The van der Waals surface area contributed by atoms with Crippen LogP contribution < -0.4 is 24.4 Å². The predicted octanol–water partition coefficient (Wildman–Crippen LogP) is 15.0. The monoisotopic (exact) mass is 1070 g/mol. The minimum absolute atomic E-state index is 0. The van der Waals surface area contributed by atoms with Crippen molar-refractivity contribution in [1.82, 2.24) is 39.9 Å². The number of benzene rings is 3. The van der Waals surface area contributed by atoms with E-state index in [0.717, 1.165) is 16.7 Å². The Balaban J connectivity index is 0.00000640. The molecule has 0 unspecified atom stereocenters. The van der Waals surface area contributed by atoms with Crippen molar-refractivity contribution in [1.29, 1.82) is 5.26 Å². The molecule has 11 nitrogen and oxygen atoms in total. The van der Waals surface area contributed by atoms with E-state index in [0.29, 0.717) is 99.7 Å². The molecule has 7 heterocycles. The predicted molar refractivity (Wildman–Crippen MR) is 288 cm³/mol. The Kier molecular flexibility index (Phi) is 14.1. The number of thioether (sulfide) groups is 2. The maximum Gasteiger partial charge on any atom is 0.232 e.